The highest BCUT2D eigenvalue weighted by Gasteiger charge is 2.71. The molecule has 3 fully saturated rings. The van der Waals surface area contributed by atoms with E-state index in [2.05, 4.69) is 40.7 Å². The molecule has 0 aromatic carbocycles. The van der Waals surface area contributed by atoms with Gasteiger partial charge < -0.3 is 4.74 Å². The summed E-state index contributed by atoms with van der Waals surface area (Å²) in [6.07, 6.45) is 9.65. The Balaban J connectivity index is 1.71. The minimum atomic E-state index is -0.669. The third-order valence-corrected chi connectivity index (χ3v) is 12.5. The lowest BCUT2D eigenvalue weighted by Crippen LogP contribution is -2.65. The van der Waals surface area contributed by atoms with E-state index < -0.39 is 16.2 Å². The zero-order valence-corrected chi connectivity index (χ0v) is 23.9. The summed E-state index contributed by atoms with van der Waals surface area (Å²) in [5.41, 5.74) is -1.02. The topological polar surface area (TPSA) is 84.2 Å². The van der Waals surface area contributed by atoms with Gasteiger partial charge in [0, 0.05) is 16.7 Å². The van der Waals surface area contributed by atoms with E-state index in [-0.39, 0.29) is 57.1 Å². The summed E-state index contributed by atoms with van der Waals surface area (Å²) >= 11 is 0. The molecule has 5 rings (SSSR count). The number of ketones is 2. The number of hydrogen-bond donors (Lipinski definition) is 0. The highest BCUT2D eigenvalue weighted by molar-refractivity contribution is 6.04. The zero-order chi connectivity index (χ0) is 27.4. The van der Waals surface area contributed by atoms with Crippen LogP contribution in [0.5, 0.6) is 0 Å². The van der Waals surface area contributed by atoms with Crippen LogP contribution in [0.3, 0.4) is 0 Å². The first kappa shape index (κ1) is 26.4. The third-order valence-electron chi connectivity index (χ3n) is 12.5. The molecule has 0 amide bonds. The Kier molecular flexibility index (Phi) is 5.47. The van der Waals surface area contributed by atoms with Crippen molar-refractivity contribution in [3.63, 3.8) is 0 Å². The van der Waals surface area contributed by atoms with Gasteiger partial charge >= 0.3 is 5.97 Å². The Morgan fingerprint density at radius 3 is 2.27 bits per heavy atom. The summed E-state index contributed by atoms with van der Waals surface area (Å²) in [6.45, 7) is 15.2. The Hall–Kier alpha value is -2.22. The monoisotopic (exact) mass is 505 g/mol. The molecule has 0 aliphatic heterocycles. The van der Waals surface area contributed by atoms with E-state index in [1.165, 1.54) is 7.11 Å². The van der Waals surface area contributed by atoms with Crippen molar-refractivity contribution >= 4 is 17.5 Å². The van der Waals surface area contributed by atoms with Crippen LogP contribution in [0.2, 0.25) is 0 Å². The average Bonchev–Trinajstić information content (AvgIpc) is 2.82. The number of Topliss-reactive ketones (excluding diaryl/α,β-unsaturated/α-hetero) is 1. The van der Waals surface area contributed by atoms with E-state index >= 15 is 0 Å². The number of methoxy groups -OCH3 is 1. The standard InChI is InChI=1S/C32H43NO4/c1-27(2)11-13-32(26(36)37-8)14-12-31(7)24(20(32)17-27)21(34)15-23-29(5)16-19(18-33)25(35)28(3,4)22(29)9-10-30(23,31)6/h15-16,20,22,24H,9-14,17H2,1-8H3/t20-,22+,24-,29-,30-,31-,32+/m1/s1. The molecule has 0 aromatic rings. The van der Waals surface area contributed by atoms with Crippen molar-refractivity contribution in [2.24, 2.45) is 50.2 Å². The summed E-state index contributed by atoms with van der Waals surface area (Å²) in [6, 6.07) is 2.17. The van der Waals surface area contributed by atoms with E-state index in [1.54, 1.807) is 0 Å². The fourth-order valence-corrected chi connectivity index (χ4v) is 10.2. The second-order valence-corrected chi connectivity index (χ2v) is 14.9. The number of rotatable bonds is 1. The predicted octanol–water partition coefficient (Wildman–Crippen LogP) is 6.38. The van der Waals surface area contributed by atoms with Crippen LogP contribution in [0.25, 0.3) is 0 Å². The maximum atomic E-state index is 14.4. The van der Waals surface area contributed by atoms with Crippen LogP contribution in [0.4, 0.5) is 0 Å². The maximum Gasteiger partial charge on any atom is 0.312 e. The molecule has 7 atom stereocenters. The van der Waals surface area contributed by atoms with Crippen molar-refractivity contribution in [1.82, 2.24) is 0 Å². The first-order valence-corrected chi connectivity index (χ1v) is 14.1. The highest BCUT2D eigenvalue weighted by Crippen LogP contribution is 2.74. The van der Waals surface area contributed by atoms with Gasteiger partial charge in [-0.05, 0) is 79.1 Å². The van der Waals surface area contributed by atoms with E-state index in [0.29, 0.717) is 0 Å². The van der Waals surface area contributed by atoms with Gasteiger partial charge in [-0.2, -0.15) is 5.26 Å². The average molecular weight is 506 g/mol. The van der Waals surface area contributed by atoms with Crippen molar-refractivity contribution < 1.29 is 19.1 Å². The highest BCUT2D eigenvalue weighted by atomic mass is 16.5. The quantitative estimate of drug-likeness (QED) is 0.386. The van der Waals surface area contributed by atoms with Crippen LogP contribution in [0, 0.1) is 61.6 Å². The van der Waals surface area contributed by atoms with Gasteiger partial charge in [0.1, 0.15) is 6.07 Å². The SMILES string of the molecule is COC(=O)[C@]12CCC(C)(C)C[C@@H]1[C@@H]1C(=O)C=C3[C@]4(C)C=C(C#N)C(=O)C(C)(C)[C@@H]4CC[C@@]3(C)[C@]1(C)CC2. The number of nitriles is 1. The Bertz CT molecular complexity index is 1200. The number of ether oxygens (including phenoxy) is 1. The van der Waals surface area contributed by atoms with Gasteiger partial charge in [-0.15, -0.1) is 0 Å². The van der Waals surface area contributed by atoms with Crippen LogP contribution in [0.15, 0.2) is 23.3 Å². The molecule has 37 heavy (non-hydrogen) atoms. The van der Waals surface area contributed by atoms with Crippen molar-refractivity contribution in [1.29, 1.82) is 5.26 Å². The molecule has 0 N–H and O–H groups in total. The number of carbonyl (C=O) groups is 3. The van der Waals surface area contributed by atoms with Crippen molar-refractivity contribution in [3.8, 4) is 6.07 Å². The van der Waals surface area contributed by atoms with Crippen LogP contribution in [-0.4, -0.2) is 24.6 Å². The second kappa shape index (κ2) is 7.67. The molecule has 200 valence electrons. The van der Waals surface area contributed by atoms with Crippen molar-refractivity contribution in [2.75, 3.05) is 7.11 Å². The molecule has 0 bridgehead atoms. The molecule has 0 unspecified atom stereocenters. The van der Waals surface area contributed by atoms with Gasteiger partial charge in [0.25, 0.3) is 0 Å². The molecule has 5 aliphatic carbocycles. The van der Waals surface area contributed by atoms with Crippen LogP contribution in [0.1, 0.15) is 93.4 Å². The summed E-state index contributed by atoms with van der Waals surface area (Å²) in [4.78, 5) is 40.9. The predicted molar refractivity (Wildman–Crippen MR) is 141 cm³/mol. The lowest BCUT2D eigenvalue weighted by atomic mass is 9.34. The molecule has 0 spiro atoms. The molecule has 5 nitrogen and oxygen atoms in total. The number of fused-ring (bicyclic) bond motifs is 7. The van der Waals surface area contributed by atoms with Gasteiger partial charge in [0.2, 0.25) is 0 Å². The van der Waals surface area contributed by atoms with Crippen molar-refractivity contribution in [3.05, 3.63) is 23.3 Å². The van der Waals surface area contributed by atoms with Crippen LogP contribution < -0.4 is 0 Å². The smallest absolute Gasteiger partial charge is 0.312 e. The fraction of sp³-hybridized carbons (Fsp3) is 0.750. The summed E-state index contributed by atoms with van der Waals surface area (Å²) in [5.74, 6) is -0.376. The Labute approximate surface area is 222 Å². The number of nitrogens with zero attached hydrogens (tertiary/aromatic N) is 1. The summed E-state index contributed by atoms with van der Waals surface area (Å²) < 4.78 is 5.41. The molecule has 3 saturated carbocycles. The minimum absolute atomic E-state index is 0.0308. The molecule has 5 heteroatoms. The van der Waals surface area contributed by atoms with Gasteiger partial charge in [0.05, 0.1) is 18.1 Å². The number of esters is 1. The second-order valence-electron chi connectivity index (χ2n) is 14.9. The molecular formula is C32H43NO4. The molecular weight excluding hydrogens is 462 g/mol. The van der Waals surface area contributed by atoms with E-state index in [0.717, 1.165) is 50.5 Å². The number of allylic oxidation sites excluding steroid dienone is 4. The molecule has 0 saturated heterocycles. The van der Waals surface area contributed by atoms with E-state index in [1.807, 2.05) is 26.0 Å². The lowest BCUT2D eigenvalue weighted by molar-refractivity contribution is -0.191. The van der Waals surface area contributed by atoms with Gasteiger partial charge in [0.15, 0.2) is 11.6 Å². The first-order chi connectivity index (χ1) is 17.0. The molecule has 0 aromatic heterocycles. The van der Waals surface area contributed by atoms with Crippen LogP contribution in [-0.2, 0) is 19.1 Å². The molecule has 0 heterocycles. The first-order valence-electron chi connectivity index (χ1n) is 14.1. The fourth-order valence-electron chi connectivity index (χ4n) is 10.2. The zero-order valence-electron chi connectivity index (χ0n) is 23.9. The summed E-state index contributed by atoms with van der Waals surface area (Å²) in [5, 5.41) is 9.86. The van der Waals surface area contributed by atoms with Gasteiger partial charge in [-0.1, -0.05) is 60.1 Å². The Morgan fingerprint density at radius 2 is 1.65 bits per heavy atom. The molecule has 0 radical (unpaired) electrons. The third kappa shape index (κ3) is 3.11. The number of hydrogen-bond acceptors (Lipinski definition) is 5. The van der Waals surface area contributed by atoms with Crippen LogP contribution >= 0.6 is 0 Å². The van der Waals surface area contributed by atoms with Gasteiger partial charge in [-0.25, -0.2) is 0 Å². The minimum Gasteiger partial charge on any atom is -0.469 e. The molecule has 5 aliphatic rings. The van der Waals surface area contributed by atoms with E-state index in [9.17, 15) is 19.6 Å². The largest absolute Gasteiger partial charge is 0.469 e. The summed E-state index contributed by atoms with van der Waals surface area (Å²) in [7, 11) is 1.48. The Morgan fingerprint density at radius 1 is 1.00 bits per heavy atom. The maximum absolute atomic E-state index is 14.4. The van der Waals surface area contributed by atoms with E-state index in [4.69, 9.17) is 4.74 Å². The number of carbonyl (C=O) groups excluding carboxylic acids is 3. The van der Waals surface area contributed by atoms with Crippen molar-refractivity contribution in [2.45, 2.75) is 93.4 Å². The van der Waals surface area contributed by atoms with Gasteiger partial charge in [-0.3, -0.25) is 14.4 Å². The lowest BCUT2D eigenvalue weighted by Gasteiger charge is -2.68. The normalized spacial score (nSPS) is 45.6.